The third-order valence-electron chi connectivity index (χ3n) is 3.37. The van der Waals surface area contributed by atoms with E-state index in [2.05, 4.69) is 32.5 Å². The summed E-state index contributed by atoms with van der Waals surface area (Å²) in [5.41, 5.74) is 1.82. The predicted molar refractivity (Wildman–Crippen MR) is 90.5 cm³/mol. The number of unbranched alkanes of at least 4 members (excludes halogenated alkanes) is 1. The van der Waals surface area contributed by atoms with Crippen LogP contribution in [-0.4, -0.2) is 21.5 Å². The first-order valence-electron chi connectivity index (χ1n) is 7.54. The lowest BCUT2D eigenvalue weighted by atomic mass is 10.2. The number of benzene rings is 1. The number of nitrogens with zero attached hydrogens (tertiary/aromatic N) is 3. The summed E-state index contributed by atoms with van der Waals surface area (Å²) in [7, 11) is 0. The van der Waals surface area contributed by atoms with E-state index in [9.17, 15) is 0 Å². The average Bonchev–Trinajstić information content (AvgIpc) is 2.56. The van der Waals surface area contributed by atoms with Crippen LogP contribution in [0.25, 0.3) is 10.9 Å². The van der Waals surface area contributed by atoms with E-state index in [1.54, 1.807) is 12.4 Å². The van der Waals surface area contributed by atoms with Crippen molar-refractivity contribution in [3.8, 4) is 0 Å². The molecule has 0 unspecified atom stereocenters. The van der Waals surface area contributed by atoms with E-state index in [4.69, 9.17) is 0 Å². The van der Waals surface area contributed by atoms with Gasteiger partial charge in [-0.25, -0.2) is 4.98 Å². The van der Waals surface area contributed by atoms with Crippen LogP contribution in [0.15, 0.2) is 48.8 Å². The van der Waals surface area contributed by atoms with Crippen LogP contribution in [0.5, 0.6) is 0 Å². The SMILES string of the molecule is CCCCNc1ccnc(Nc2cccc3cccnc23)n1. The highest BCUT2D eigenvalue weighted by molar-refractivity contribution is 5.91. The summed E-state index contributed by atoms with van der Waals surface area (Å²) in [5, 5.41) is 7.64. The lowest BCUT2D eigenvalue weighted by Gasteiger charge is -2.09. The molecule has 0 aliphatic carbocycles. The Labute approximate surface area is 129 Å². The number of aromatic nitrogens is 3. The Morgan fingerprint density at radius 3 is 2.82 bits per heavy atom. The highest BCUT2D eigenvalue weighted by Gasteiger charge is 2.04. The molecule has 0 aliphatic rings. The lowest BCUT2D eigenvalue weighted by molar-refractivity contribution is 0.830. The zero-order valence-corrected chi connectivity index (χ0v) is 12.6. The first-order chi connectivity index (χ1) is 10.9. The van der Waals surface area contributed by atoms with Gasteiger partial charge < -0.3 is 10.6 Å². The van der Waals surface area contributed by atoms with Crippen molar-refractivity contribution >= 4 is 28.4 Å². The van der Waals surface area contributed by atoms with Crippen LogP contribution in [-0.2, 0) is 0 Å². The second kappa shape index (κ2) is 6.85. The van der Waals surface area contributed by atoms with Gasteiger partial charge in [-0.3, -0.25) is 4.98 Å². The fourth-order valence-electron chi connectivity index (χ4n) is 2.24. The third kappa shape index (κ3) is 3.31. The molecule has 0 fully saturated rings. The van der Waals surface area contributed by atoms with Crippen molar-refractivity contribution in [2.24, 2.45) is 0 Å². The van der Waals surface area contributed by atoms with Gasteiger partial charge in [0, 0.05) is 24.3 Å². The van der Waals surface area contributed by atoms with Crippen molar-refractivity contribution in [3.63, 3.8) is 0 Å². The maximum atomic E-state index is 4.49. The first-order valence-corrected chi connectivity index (χ1v) is 7.54. The molecule has 3 rings (SSSR count). The zero-order chi connectivity index (χ0) is 15.2. The van der Waals surface area contributed by atoms with Crippen LogP contribution in [0, 0.1) is 0 Å². The zero-order valence-electron chi connectivity index (χ0n) is 12.6. The second-order valence-electron chi connectivity index (χ2n) is 5.05. The molecule has 0 spiro atoms. The maximum absolute atomic E-state index is 4.49. The normalized spacial score (nSPS) is 10.6. The van der Waals surface area contributed by atoms with Crippen LogP contribution < -0.4 is 10.6 Å². The van der Waals surface area contributed by atoms with Crippen LogP contribution in [0.2, 0.25) is 0 Å². The Morgan fingerprint density at radius 1 is 1.00 bits per heavy atom. The van der Waals surface area contributed by atoms with Crippen molar-refractivity contribution < 1.29 is 0 Å². The molecule has 22 heavy (non-hydrogen) atoms. The summed E-state index contributed by atoms with van der Waals surface area (Å²) >= 11 is 0. The van der Waals surface area contributed by atoms with Crippen LogP contribution in [0.4, 0.5) is 17.5 Å². The molecule has 2 N–H and O–H groups in total. The van der Waals surface area contributed by atoms with Crippen molar-refractivity contribution in [1.82, 2.24) is 15.0 Å². The third-order valence-corrected chi connectivity index (χ3v) is 3.37. The van der Waals surface area contributed by atoms with Crippen molar-refractivity contribution in [2.75, 3.05) is 17.2 Å². The molecule has 2 aromatic heterocycles. The molecular formula is C17H19N5. The molecule has 0 aliphatic heterocycles. The van der Waals surface area contributed by atoms with Gasteiger partial charge in [-0.2, -0.15) is 4.98 Å². The molecular weight excluding hydrogens is 274 g/mol. The van der Waals surface area contributed by atoms with Gasteiger partial charge in [-0.05, 0) is 24.6 Å². The average molecular weight is 293 g/mol. The molecule has 112 valence electrons. The van der Waals surface area contributed by atoms with E-state index in [1.165, 1.54) is 0 Å². The molecule has 0 amide bonds. The van der Waals surface area contributed by atoms with Gasteiger partial charge >= 0.3 is 0 Å². The minimum atomic E-state index is 0.569. The molecule has 5 heteroatoms. The summed E-state index contributed by atoms with van der Waals surface area (Å²) in [6.45, 7) is 3.09. The minimum absolute atomic E-state index is 0.569. The van der Waals surface area contributed by atoms with Gasteiger partial charge in [0.25, 0.3) is 0 Å². The number of rotatable bonds is 6. The molecule has 0 radical (unpaired) electrons. The van der Waals surface area contributed by atoms with E-state index >= 15 is 0 Å². The summed E-state index contributed by atoms with van der Waals surface area (Å²) in [4.78, 5) is 13.2. The second-order valence-corrected chi connectivity index (χ2v) is 5.05. The van der Waals surface area contributed by atoms with E-state index in [1.807, 2.05) is 36.4 Å². The number of hydrogen-bond donors (Lipinski definition) is 2. The summed E-state index contributed by atoms with van der Waals surface area (Å²) < 4.78 is 0. The standard InChI is InChI=1S/C17H19N5/c1-2-3-10-18-15-9-12-20-17(22-15)21-14-8-4-6-13-7-5-11-19-16(13)14/h4-9,11-12H,2-3,10H2,1H3,(H2,18,20,21,22). The quantitative estimate of drug-likeness (QED) is 0.673. The summed E-state index contributed by atoms with van der Waals surface area (Å²) in [6, 6.07) is 11.9. The smallest absolute Gasteiger partial charge is 0.229 e. The molecule has 2 heterocycles. The van der Waals surface area contributed by atoms with Crippen molar-refractivity contribution in [3.05, 3.63) is 48.8 Å². The van der Waals surface area contributed by atoms with E-state index < -0.39 is 0 Å². The molecule has 3 aromatic rings. The van der Waals surface area contributed by atoms with E-state index in [0.717, 1.165) is 41.8 Å². The van der Waals surface area contributed by atoms with Crippen LogP contribution >= 0.6 is 0 Å². The van der Waals surface area contributed by atoms with Crippen molar-refractivity contribution in [2.45, 2.75) is 19.8 Å². The number of hydrogen-bond acceptors (Lipinski definition) is 5. The summed E-state index contributed by atoms with van der Waals surface area (Å²) in [6.07, 6.45) is 5.82. The molecule has 0 saturated carbocycles. The van der Waals surface area contributed by atoms with Crippen molar-refractivity contribution in [1.29, 1.82) is 0 Å². The number of pyridine rings is 1. The van der Waals surface area contributed by atoms with Gasteiger partial charge in [0.15, 0.2) is 0 Å². The van der Waals surface area contributed by atoms with E-state index in [-0.39, 0.29) is 0 Å². The minimum Gasteiger partial charge on any atom is -0.370 e. The number of para-hydroxylation sites is 1. The van der Waals surface area contributed by atoms with Gasteiger partial charge in [-0.1, -0.05) is 31.5 Å². The maximum Gasteiger partial charge on any atom is 0.229 e. The Balaban J connectivity index is 1.81. The Bertz CT molecular complexity index is 751. The Kier molecular flexibility index (Phi) is 4.44. The molecule has 1 aromatic carbocycles. The van der Waals surface area contributed by atoms with Crippen LogP contribution in [0.1, 0.15) is 19.8 Å². The fourth-order valence-corrected chi connectivity index (χ4v) is 2.24. The topological polar surface area (TPSA) is 62.7 Å². The molecule has 0 saturated heterocycles. The number of fused-ring (bicyclic) bond motifs is 1. The van der Waals surface area contributed by atoms with Gasteiger partial charge in [-0.15, -0.1) is 0 Å². The van der Waals surface area contributed by atoms with E-state index in [0.29, 0.717) is 5.95 Å². The Hall–Kier alpha value is -2.69. The van der Waals surface area contributed by atoms with Crippen LogP contribution in [0.3, 0.4) is 0 Å². The Morgan fingerprint density at radius 2 is 1.91 bits per heavy atom. The first kappa shape index (κ1) is 14.3. The fraction of sp³-hybridized carbons (Fsp3) is 0.235. The van der Waals surface area contributed by atoms with Gasteiger partial charge in [0.1, 0.15) is 5.82 Å². The largest absolute Gasteiger partial charge is 0.370 e. The van der Waals surface area contributed by atoms with Gasteiger partial charge in [0.05, 0.1) is 11.2 Å². The predicted octanol–water partition coefficient (Wildman–Crippen LogP) is 3.98. The molecule has 5 nitrogen and oxygen atoms in total. The van der Waals surface area contributed by atoms with Gasteiger partial charge in [0.2, 0.25) is 5.95 Å². The summed E-state index contributed by atoms with van der Waals surface area (Å²) in [5.74, 6) is 1.40. The highest BCUT2D eigenvalue weighted by atomic mass is 15.1. The number of anilines is 3. The molecule has 0 atom stereocenters. The lowest BCUT2D eigenvalue weighted by Crippen LogP contribution is -2.05. The monoisotopic (exact) mass is 293 g/mol. The number of nitrogens with one attached hydrogen (secondary N) is 2. The highest BCUT2D eigenvalue weighted by Crippen LogP contribution is 2.23. The molecule has 0 bridgehead atoms.